The number of carboxylic acids is 1. The topological polar surface area (TPSA) is 40.5 Å². The van der Waals surface area contributed by atoms with Gasteiger partial charge in [0.15, 0.2) is 0 Å². The minimum Gasteiger partial charge on any atom is -0.478 e. The highest BCUT2D eigenvalue weighted by Gasteiger charge is 2.30. The number of thioether (sulfide) groups is 1. The number of hydrogen-bond acceptors (Lipinski definition) is 3. The van der Waals surface area contributed by atoms with Crippen molar-refractivity contribution in [2.24, 2.45) is 5.92 Å². The molecule has 1 atom stereocenters. The van der Waals surface area contributed by atoms with Crippen molar-refractivity contribution in [2.75, 3.05) is 17.2 Å². The van der Waals surface area contributed by atoms with Crippen LogP contribution >= 0.6 is 11.8 Å². The first-order valence-electron chi connectivity index (χ1n) is 7.32. The fourth-order valence-corrected chi connectivity index (χ4v) is 3.86. The van der Waals surface area contributed by atoms with E-state index < -0.39 is 5.97 Å². The zero-order chi connectivity index (χ0) is 14.7. The molecule has 1 aliphatic rings. The molecule has 0 spiro atoms. The first-order valence-corrected chi connectivity index (χ1v) is 8.30. The highest BCUT2D eigenvalue weighted by Crippen LogP contribution is 2.36. The highest BCUT2D eigenvalue weighted by molar-refractivity contribution is 7.99. The number of hydrogen-bond donors (Lipinski definition) is 1. The molecule has 1 aliphatic heterocycles. The molecule has 0 aliphatic carbocycles. The molecule has 1 fully saturated rings. The van der Waals surface area contributed by atoms with Crippen LogP contribution in [0.2, 0.25) is 0 Å². The molecular formula is C16H23NO2S. The SMILES string of the molecule is CCSc1cccc(N2CCCC2C(C)C)c1C(=O)O. The molecule has 0 amide bonds. The Morgan fingerprint density at radius 2 is 2.25 bits per heavy atom. The molecule has 0 saturated carbocycles. The Balaban J connectivity index is 2.45. The smallest absolute Gasteiger partial charge is 0.338 e. The second-order valence-corrected chi connectivity index (χ2v) is 6.84. The third-order valence-electron chi connectivity index (χ3n) is 3.90. The Morgan fingerprint density at radius 1 is 1.50 bits per heavy atom. The summed E-state index contributed by atoms with van der Waals surface area (Å²) in [5.41, 5.74) is 1.37. The van der Waals surface area contributed by atoms with Gasteiger partial charge in [0, 0.05) is 17.5 Å². The Labute approximate surface area is 125 Å². The van der Waals surface area contributed by atoms with Crippen LogP contribution < -0.4 is 4.90 Å². The van der Waals surface area contributed by atoms with Crippen molar-refractivity contribution in [2.45, 2.75) is 44.6 Å². The van der Waals surface area contributed by atoms with Gasteiger partial charge in [-0.3, -0.25) is 0 Å². The van der Waals surface area contributed by atoms with E-state index in [-0.39, 0.29) is 0 Å². The van der Waals surface area contributed by atoms with Crippen molar-refractivity contribution in [3.05, 3.63) is 23.8 Å². The van der Waals surface area contributed by atoms with E-state index in [4.69, 9.17) is 0 Å². The average Bonchev–Trinajstić information content (AvgIpc) is 2.87. The molecule has 1 aromatic carbocycles. The van der Waals surface area contributed by atoms with Gasteiger partial charge < -0.3 is 10.0 Å². The van der Waals surface area contributed by atoms with Gasteiger partial charge in [-0.2, -0.15) is 0 Å². The lowest BCUT2D eigenvalue weighted by molar-refractivity contribution is 0.0693. The predicted octanol–water partition coefficient (Wildman–Crippen LogP) is 4.12. The maximum Gasteiger partial charge on any atom is 0.338 e. The van der Waals surface area contributed by atoms with Gasteiger partial charge in [0.1, 0.15) is 0 Å². The highest BCUT2D eigenvalue weighted by atomic mass is 32.2. The fourth-order valence-electron chi connectivity index (χ4n) is 3.03. The molecule has 110 valence electrons. The quantitative estimate of drug-likeness (QED) is 0.829. The van der Waals surface area contributed by atoms with Crippen LogP contribution in [0.4, 0.5) is 5.69 Å². The van der Waals surface area contributed by atoms with Crippen molar-refractivity contribution in [3.8, 4) is 0 Å². The first kappa shape index (κ1) is 15.2. The number of benzene rings is 1. The number of rotatable bonds is 5. The summed E-state index contributed by atoms with van der Waals surface area (Å²) in [6, 6.07) is 6.32. The van der Waals surface area contributed by atoms with Gasteiger partial charge in [-0.15, -0.1) is 11.8 Å². The minimum atomic E-state index is -0.814. The van der Waals surface area contributed by atoms with Gasteiger partial charge >= 0.3 is 5.97 Å². The minimum absolute atomic E-state index is 0.454. The molecule has 0 bridgehead atoms. The third kappa shape index (κ3) is 2.95. The summed E-state index contributed by atoms with van der Waals surface area (Å²) in [6.07, 6.45) is 2.30. The van der Waals surface area contributed by atoms with Crippen LogP contribution in [0.5, 0.6) is 0 Å². The van der Waals surface area contributed by atoms with Gasteiger partial charge in [-0.1, -0.05) is 26.8 Å². The van der Waals surface area contributed by atoms with E-state index in [1.165, 1.54) is 0 Å². The van der Waals surface area contributed by atoms with E-state index in [0.29, 0.717) is 17.5 Å². The summed E-state index contributed by atoms with van der Waals surface area (Å²) in [5.74, 6) is 0.615. The van der Waals surface area contributed by atoms with Gasteiger partial charge in [0.2, 0.25) is 0 Å². The van der Waals surface area contributed by atoms with Crippen molar-refractivity contribution >= 4 is 23.4 Å². The lowest BCUT2D eigenvalue weighted by Crippen LogP contribution is -2.34. The Kier molecular flexibility index (Phi) is 4.97. The predicted molar refractivity (Wildman–Crippen MR) is 85.0 cm³/mol. The molecule has 0 aromatic heterocycles. The van der Waals surface area contributed by atoms with E-state index in [1.807, 2.05) is 18.2 Å². The Hall–Kier alpha value is -1.16. The van der Waals surface area contributed by atoms with Gasteiger partial charge in [0.05, 0.1) is 11.3 Å². The molecule has 0 radical (unpaired) electrons. The Morgan fingerprint density at radius 3 is 2.85 bits per heavy atom. The number of aromatic carboxylic acids is 1. The van der Waals surface area contributed by atoms with Crippen LogP contribution in [0.3, 0.4) is 0 Å². The summed E-state index contributed by atoms with van der Waals surface area (Å²) in [4.78, 5) is 14.9. The number of anilines is 1. The molecular weight excluding hydrogens is 270 g/mol. The van der Waals surface area contributed by atoms with Gasteiger partial charge in [-0.05, 0) is 36.6 Å². The van der Waals surface area contributed by atoms with E-state index in [0.717, 1.165) is 35.7 Å². The van der Waals surface area contributed by atoms with Crippen molar-refractivity contribution < 1.29 is 9.90 Å². The second kappa shape index (κ2) is 6.53. The largest absolute Gasteiger partial charge is 0.478 e. The van der Waals surface area contributed by atoms with Crippen LogP contribution in [0.1, 0.15) is 44.0 Å². The molecule has 1 N–H and O–H groups in total. The second-order valence-electron chi connectivity index (χ2n) is 5.54. The molecule has 1 unspecified atom stereocenters. The molecule has 2 rings (SSSR count). The first-order chi connectivity index (χ1) is 9.56. The molecule has 3 nitrogen and oxygen atoms in total. The third-order valence-corrected chi connectivity index (χ3v) is 4.84. The molecule has 1 heterocycles. The van der Waals surface area contributed by atoms with E-state index in [1.54, 1.807) is 11.8 Å². The van der Waals surface area contributed by atoms with Crippen molar-refractivity contribution in [1.29, 1.82) is 0 Å². The zero-order valence-electron chi connectivity index (χ0n) is 12.4. The van der Waals surface area contributed by atoms with Crippen LogP contribution in [-0.2, 0) is 0 Å². The molecule has 1 aromatic rings. The maximum absolute atomic E-state index is 11.7. The number of carbonyl (C=O) groups is 1. The zero-order valence-corrected chi connectivity index (χ0v) is 13.2. The monoisotopic (exact) mass is 293 g/mol. The van der Waals surface area contributed by atoms with E-state index in [2.05, 4.69) is 25.7 Å². The van der Waals surface area contributed by atoms with Crippen LogP contribution in [0.25, 0.3) is 0 Å². The average molecular weight is 293 g/mol. The summed E-state index contributed by atoms with van der Waals surface area (Å²) in [6.45, 7) is 7.45. The molecule has 1 saturated heterocycles. The normalized spacial score (nSPS) is 18.8. The van der Waals surface area contributed by atoms with Crippen molar-refractivity contribution in [1.82, 2.24) is 0 Å². The van der Waals surface area contributed by atoms with Crippen LogP contribution in [0.15, 0.2) is 23.1 Å². The van der Waals surface area contributed by atoms with Gasteiger partial charge in [0.25, 0.3) is 0 Å². The molecule has 20 heavy (non-hydrogen) atoms. The Bertz CT molecular complexity index is 487. The fraction of sp³-hybridized carbons (Fsp3) is 0.562. The summed E-state index contributed by atoms with van der Waals surface area (Å²) < 4.78 is 0. The summed E-state index contributed by atoms with van der Waals surface area (Å²) in [7, 11) is 0. The lowest BCUT2D eigenvalue weighted by atomic mass is 10.0. The van der Waals surface area contributed by atoms with E-state index in [9.17, 15) is 9.90 Å². The summed E-state index contributed by atoms with van der Waals surface area (Å²) in [5, 5.41) is 9.62. The number of carboxylic acid groups (broad SMARTS) is 1. The molecule has 4 heteroatoms. The van der Waals surface area contributed by atoms with Gasteiger partial charge in [-0.25, -0.2) is 4.79 Å². The van der Waals surface area contributed by atoms with E-state index >= 15 is 0 Å². The summed E-state index contributed by atoms with van der Waals surface area (Å²) >= 11 is 1.61. The van der Waals surface area contributed by atoms with Crippen LogP contribution in [-0.4, -0.2) is 29.4 Å². The van der Waals surface area contributed by atoms with Crippen molar-refractivity contribution in [3.63, 3.8) is 0 Å². The number of nitrogens with zero attached hydrogens (tertiary/aromatic N) is 1. The standard InChI is InChI=1S/C16H23NO2S/c1-4-20-14-9-5-7-13(15(14)16(18)19)17-10-6-8-12(17)11(2)3/h5,7,9,11-12H,4,6,8,10H2,1-3H3,(H,18,19). The van der Waals surface area contributed by atoms with Crippen LogP contribution in [0, 0.1) is 5.92 Å². The lowest BCUT2D eigenvalue weighted by Gasteiger charge is -2.31. The maximum atomic E-state index is 11.7.